The van der Waals surface area contributed by atoms with Crippen molar-refractivity contribution in [1.29, 1.82) is 0 Å². The Hall–Kier alpha value is -3.15. The number of carbonyl (C=O) groups excluding carboxylic acids is 1. The number of aryl methyl sites for hydroxylation is 2. The monoisotopic (exact) mass is 490 g/mol. The normalized spacial score (nSPS) is 21.5. The van der Waals surface area contributed by atoms with E-state index in [2.05, 4.69) is 20.6 Å². The fourth-order valence-electron chi connectivity index (χ4n) is 4.72. The molecule has 3 atom stereocenters. The number of thiophene rings is 1. The lowest BCUT2D eigenvalue weighted by molar-refractivity contribution is -0.119. The van der Waals surface area contributed by atoms with Crippen molar-refractivity contribution in [3.05, 3.63) is 39.0 Å². The van der Waals surface area contributed by atoms with Crippen LogP contribution in [0.2, 0.25) is 0 Å². The molecule has 12 heteroatoms. The number of rotatable bonds is 8. The van der Waals surface area contributed by atoms with Crippen molar-refractivity contribution >= 4 is 34.9 Å². The standard InChI is InChI=1S/C22H24F2N6O3S/c1-10-5-12(10)15(31)8-17-19(21(32)33)13-6-11(3-4-16(13)34-17)30-9-25-27-22(30)26-18-7-14(20(23)24)28-29(18)2/h7,9-12,20H,3-6,8H2,1-2H3,(H,26,27)(H,32,33)/t10-,11-,12-/m0/s1. The number of Topliss-reactive ketones (excluding diaryl/α,β-unsaturated/α-hetero) is 1. The van der Waals surface area contributed by atoms with Gasteiger partial charge < -0.3 is 10.4 Å². The summed E-state index contributed by atoms with van der Waals surface area (Å²) < 4.78 is 29.1. The molecular weight excluding hydrogens is 466 g/mol. The van der Waals surface area contributed by atoms with Gasteiger partial charge in [-0.25, -0.2) is 13.6 Å². The van der Waals surface area contributed by atoms with Gasteiger partial charge in [-0.1, -0.05) is 6.92 Å². The number of anilines is 2. The molecule has 9 nitrogen and oxygen atoms in total. The first-order valence-corrected chi connectivity index (χ1v) is 11.9. The van der Waals surface area contributed by atoms with E-state index in [-0.39, 0.29) is 35.4 Å². The fourth-order valence-corrected chi connectivity index (χ4v) is 6.07. The summed E-state index contributed by atoms with van der Waals surface area (Å²) in [4.78, 5) is 26.4. The van der Waals surface area contributed by atoms with Gasteiger partial charge in [0.05, 0.1) is 5.56 Å². The van der Waals surface area contributed by atoms with E-state index in [9.17, 15) is 23.5 Å². The van der Waals surface area contributed by atoms with Gasteiger partial charge in [0.15, 0.2) is 0 Å². The molecule has 0 bridgehead atoms. The smallest absolute Gasteiger partial charge is 0.337 e. The summed E-state index contributed by atoms with van der Waals surface area (Å²) in [6.07, 6.45) is 1.79. The summed E-state index contributed by atoms with van der Waals surface area (Å²) in [6, 6.07) is 1.14. The minimum Gasteiger partial charge on any atom is -0.478 e. The number of aromatic carboxylic acids is 1. The van der Waals surface area contributed by atoms with Gasteiger partial charge in [0.1, 0.15) is 23.6 Å². The SMILES string of the molecule is C[C@H]1C[C@@H]1C(=O)Cc1sc2c(c1C(=O)O)C[C@@H](n1cnnc1Nc1cc(C(F)F)nn1C)CC2. The number of carboxylic acid groups (broad SMARTS) is 1. The number of carbonyl (C=O) groups is 2. The Morgan fingerprint density at radius 1 is 1.38 bits per heavy atom. The molecule has 3 heterocycles. The highest BCUT2D eigenvalue weighted by Gasteiger charge is 2.40. The predicted molar refractivity (Wildman–Crippen MR) is 120 cm³/mol. The Morgan fingerprint density at radius 2 is 2.15 bits per heavy atom. The quantitative estimate of drug-likeness (QED) is 0.491. The molecule has 180 valence electrons. The Morgan fingerprint density at radius 3 is 2.79 bits per heavy atom. The predicted octanol–water partition coefficient (Wildman–Crippen LogP) is 3.95. The van der Waals surface area contributed by atoms with Gasteiger partial charge in [-0.2, -0.15) is 5.10 Å². The van der Waals surface area contributed by atoms with E-state index >= 15 is 0 Å². The molecule has 3 aromatic heterocycles. The van der Waals surface area contributed by atoms with Crippen molar-refractivity contribution in [2.75, 3.05) is 5.32 Å². The van der Waals surface area contributed by atoms with Crippen molar-refractivity contribution in [3.63, 3.8) is 0 Å². The molecule has 3 aromatic rings. The molecule has 1 fully saturated rings. The average Bonchev–Trinajstić information content (AvgIpc) is 3.11. The topological polar surface area (TPSA) is 115 Å². The summed E-state index contributed by atoms with van der Waals surface area (Å²) in [5, 5.41) is 24.8. The number of fused-ring (bicyclic) bond motifs is 1. The Bertz CT molecular complexity index is 1270. The summed E-state index contributed by atoms with van der Waals surface area (Å²) >= 11 is 1.44. The van der Waals surface area contributed by atoms with Gasteiger partial charge in [0.2, 0.25) is 5.95 Å². The number of hydrogen-bond acceptors (Lipinski definition) is 7. The second-order valence-electron chi connectivity index (χ2n) is 9.03. The molecule has 5 rings (SSSR count). The maximum Gasteiger partial charge on any atom is 0.337 e. The van der Waals surface area contributed by atoms with Crippen LogP contribution >= 0.6 is 11.3 Å². The van der Waals surface area contributed by atoms with Gasteiger partial charge >= 0.3 is 5.97 Å². The summed E-state index contributed by atoms with van der Waals surface area (Å²) in [5.41, 5.74) is 0.674. The van der Waals surface area contributed by atoms with Crippen molar-refractivity contribution in [3.8, 4) is 0 Å². The van der Waals surface area contributed by atoms with Crippen molar-refractivity contribution in [2.45, 2.75) is 51.5 Å². The van der Waals surface area contributed by atoms with Crippen molar-refractivity contribution < 1.29 is 23.5 Å². The van der Waals surface area contributed by atoms with E-state index in [1.165, 1.54) is 22.1 Å². The minimum atomic E-state index is -2.69. The number of nitrogens with one attached hydrogen (secondary N) is 1. The Labute approximate surface area is 197 Å². The zero-order valence-corrected chi connectivity index (χ0v) is 19.5. The van der Waals surface area contributed by atoms with Crippen LogP contribution in [0.4, 0.5) is 20.5 Å². The van der Waals surface area contributed by atoms with Gasteiger partial charge in [0, 0.05) is 41.2 Å². The molecule has 0 radical (unpaired) electrons. The number of ketones is 1. The number of carboxylic acids is 1. The van der Waals surface area contributed by atoms with Crippen LogP contribution in [0, 0.1) is 11.8 Å². The van der Waals surface area contributed by atoms with Crippen LogP contribution in [0.5, 0.6) is 0 Å². The largest absolute Gasteiger partial charge is 0.478 e. The molecule has 0 amide bonds. The molecule has 2 N–H and O–H groups in total. The summed E-state index contributed by atoms with van der Waals surface area (Å²) in [5.74, 6) is 0.254. The van der Waals surface area contributed by atoms with E-state index < -0.39 is 12.4 Å². The Balaban J connectivity index is 1.39. The molecule has 34 heavy (non-hydrogen) atoms. The van der Waals surface area contributed by atoms with E-state index in [1.807, 2.05) is 6.92 Å². The fraction of sp³-hybridized carbons (Fsp3) is 0.500. The van der Waals surface area contributed by atoms with Crippen molar-refractivity contribution in [1.82, 2.24) is 24.5 Å². The molecule has 0 aromatic carbocycles. The first-order chi connectivity index (χ1) is 16.2. The average molecular weight is 491 g/mol. The first-order valence-electron chi connectivity index (χ1n) is 11.1. The summed E-state index contributed by atoms with van der Waals surface area (Å²) in [7, 11) is 1.55. The van der Waals surface area contributed by atoms with Crippen LogP contribution in [-0.2, 0) is 31.1 Å². The molecule has 0 saturated heterocycles. The third kappa shape index (κ3) is 4.10. The van der Waals surface area contributed by atoms with E-state index in [0.29, 0.717) is 35.4 Å². The number of hydrogen-bond donors (Lipinski definition) is 2. The zero-order chi connectivity index (χ0) is 24.1. The van der Waals surface area contributed by atoms with Crippen LogP contribution < -0.4 is 5.32 Å². The number of halogens is 2. The highest BCUT2D eigenvalue weighted by molar-refractivity contribution is 7.12. The molecule has 0 aliphatic heterocycles. The zero-order valence-electron chi connectivity index (χ0n) is 18.7. The van der Waals surface area contributed by atoms with E-state index in [1.54, 1.807) is 17.9 Å². The highest BCUT2D eigenvalue weighted by atomic mass is 32.1. The molecule has 0 spiro atoms. The molecule has 2 aliphatic rings. The van der Waals surface area contributed by atoms with Gasteiger partial charge in [-0.15, -0.1) is 21.5 Å². The van der Waals surface area contributed by atoms with E-state index in [0.717, 1.165) is 23.3 Å². The lowest BCUT2D eigenvalue weighted by atomic mass is 9.90. The third-order valence-electron chi connectivity index (χ3n) is 6.71. The lowest BCUT2D eigenvalue weighted by Crippen LogP contribution is -2.20. The van der Waals surface area contributed by atoms with Crippen LogP contribution in [0.25, 0.3) is 0 Å². The number of nitrogens with zero attached hydrogens (tertiary/aromatic N) is 5. The maximum absolute atomic E-state index is 13.0. The van der Waals surface area contributed by atoms with Crippen LogP contribution in [-0.4, -0.2) is 41.4 Å². The van der Waals surface area contributed by atoms with Crippen LogP contribution in [0.3, 0.4) is 0 Å². The molecule has 1 saturated carbocycles. The van der Waals surface area contributed by atoms with Gasteiger partial charge in [-0.3, -0.25) is 14.0 Å². The lowest BCUT2D eigenvalue weighted by Gasteiger charge is -2.25. The van der Waals surface area contributed by atoms with Gasteiger partial charge in [-0.05, 0) is 37.2 Å². The van der Waals surface area contributed by atoms with E-state index in [4.69, 9.17) is 0 Å². The van der Waals surface area contributed by atoms with Crippen LogP contribution in [0.15, 0.2) is 12.4 Å². The maximum atomic E-state index is 13.0. The molecular formula is C22H24F2N6O3S. The minimum absolute atomic E-state index is 0.0526. The number of aromatic nitrogens is 5. The molecule has 2 aliphatic carbocycles. The van der Waals surface area contributed by atoms with Gasteiger partial charge in [0.25, 0.3) is 6.43 Å². The summed E-state index contributed by atoms with van der Waals surface area (Å²) in [6.45, 7) is 2.04. The second kappa shape index (κ2) is 8.57. The number of alkyl halides is 2. The third-order valence-corrected chi connectivity index (χ3v) is 8.00. The van der Waals surface area contributed by atoms with Crippen molar-refractivity contribution in [2.24, 2.45) is 18.9 Å². The van der Waals surface area contributed by atoms with Crippen LogP contribution in [0.1, 0.15) is 63.6 Å². The molecule has 0 unspecified atom stereocenters. The first kappa shape index (κ1) is 22.6. The second-order valence-corrected chi connectivity index (χ2v) is 10.2. The highest BCUT2D eigenvalue weighted by Crippen LogP contribution is 2.42. The Kier molecular flexibility index (Phi) is 5.70.